The standard InChI is InChI=1S/C17H21N3O/c18-16-7-6-13-9-20(11-15(13)16)10-14-8-17(19-21-14)12-4-2-1-3-5-12/h1-5,8,13,15-16H,6-7,9-11,18H2. The van der Waals surface area contributed by atoms with Gasteiger partial charge in [-0.25, -0.2) is 0 Å². The Morgan fingerprint density at radius 1 is 1.19 bits per heavy atom. The third-order valence-corrected chi connectivity index (χ3v) is 5.00. The second-order valence-corrected chi connectivity index (χ2v) is 6.40. The van der Waals surface area contributed by atoms with E-state index in [1.807, 2.05) is 18.2 Å². The van der Waals surface area contributed by atoms with Crippen molar-refractivity contribution in [3.8, 4) is 11.3 Å². The molecule has 2 aromatic rings. The molecule has 0 radical (unpaired) electrons. The lowest BCUT2D eigenvalue weighted by Crippen LogP contribution is -2.30. The minimum absolute atomic E-state index is 0.398. The van der Waals surface area contributed by atoms with Crippen molar-refractivity contribution in [3.63, 3.8) is 0 Å². The molecule has 2 heterocycles. The summed E-state index contributed by atoms with van der Waals surface area (Å²) in [5.74, 6) is 2.42. The van der Waals surface area contributed by atoms with Gasteiger partial charge >= 0.3 is 0 Å². The number of benzene rings is 1. The maximum atomic E-state index is 6.19. The van der Waals surface area contributed by atoms with Gasteiger partial charge in [0.25, 0.3) is 0 Å². The van der Waals surface area contributed by atoms with E-state index < -0.39 is 0 Å². The van der Waals surface area contributed by atoms with Gasteiger partial charge in [-0.05, 0) is 24.7 Å². The fourth-order valence-electron chi connectivity index (χ4n) is 3.88. The van der Waals surface area contributed by atoms with Crippen LogP contribution in [0.15, 0.2) is 40.9 Å². The number of nitrogens with zero attached hydrogens (tertiary/aromatic N) is 2. The molecular weight excluding hydrogens is 262 g/mol. The molecule has 1 aliphatic carbocycles. The fraction of sp³-hybridized carbons (Fsp3) is 0.471. The van der Waals surface area contributed by atoms with Crippen molar-refractivity contribution in [2.24, 2.45) is 17.6 Å². The average Bonchev–Trinajstić information content (AvgIpc) is 3.19. The molecule has 1 aliphatic heterocycles. The van der Waals surface area contributed by atoms with Crippen LogP contribution in [0.3, 0.4) is 0 Å². The lowest BCUT2D eigenvalue weighted by atomic mass is 9.98. The predicted molar refractivity (Wildman–Crippen MR) is 81.4 cm³/mol. The molecule has 21 heavy (non-hydrogen) atoms. The highest BCUT2D eigenvalue weighted by Gasteiger charge is 2.40. The first kappa shape index (κ1) is 13.0. The van der Waals surface area contributed by atoms with E-state index in [9.17, 15) is 0 Å². The zero-order valence-corrected chi connectivity index (χ0v) is 12.1. The van der Waals surface area contributed by atoms with Crippen molar-refractivity contribution >= 4 is 0 Å². The van der Waals surface area contributed by atoms with Crippen LogP contribution in [0.1, 0.15) is 18.6 Å². The molecule has 2 N–H and O–H groups in total. The summed E-state index contributed by atoms with van der Waals surface area (Å²) in [6, 6.07) is 12.6. The molecule has 1 saturated heterocycles. The summed E-state index contributed by atoms with van der Waals surface area (Å²) in [5.41, 5.74) is 8.22. The van der Waals surface area contributed by atoms with Crippen molar-refractivity contribution in [2.75, 3.05) is 13.1 Å². The van der Waals surface area contributed by atoms with Gasteiger partial charge in [0, 0.05) is 30.8 Å². The maximum Gasteiger partial charge on any atom is 0.151 e. The topological polar surface area (TPSA) is 55.3 Å². The Morgan fingerprint density at radius 2 is 2.05 bits per heavy atom. The van der Waals surface area contributed by atoms with Crippen LogP contribution in [0.4, 0.5) is 0 Å². The molecule has 4 heteroatoms. The van der Waals surface area contributed by atoms with Crippen LogP contribution in [0.25, 0.3) is 11.3 Å². The molecule has 0 bridgehead atoms. The molecule has 4 nitrogen and oxygen atoms in total. The summed E-state index contributed by atoms with van der Waals surface area (Å²) in [7, 11) is 0. The van der Waals surface area contributed by atoms with E-state index in [1.165, 1.54) is 12.8 Å². The van der Waals surface area contributed by atoms with Crippen LogP contribution in [0.5, 0.6) is 0 Å². The largest absolute Gasteiger partial charge is 0.359 e. The highest BCUT2D eigenvalue weighted by atomic mass is 16.5. The van der Waals surface area contributed by atoms with Crippen molar-refractivity contribution in [3.05, 3.63) is 42.2 Å². The molecule has 1 aromatic carbocycles. The first-order chi connectivity index (χ1) is 10.3. The predicted octanol–water partition coefficient (Wildman–Crippen LogP) is 2.51. The van der Waals surface area contributed by atoms with Crippen molar-refractivity contribution in [1.82, 2.24) is 10.1 Å². The summed E-state index contributed by atoms with van der Waals surface area (Å²) in [4.78, 5) is 2.46. The Kier molecular flexibility index (Phi) is 3.28. The van der Waals surface area contributed by atoms with Crippen molar-refractivity contribution in [1.29, 1.82) is 0 Å². The smallest absolute Gasteiger partial charge is 0.151 e. The van der Waals surface area contributed by atoms with E-state index in [0.717, 1.165) is 42.6 Å². The van der Waals surface area contributed by atoms with Crippen LogP contribution in [0, 0.1) is 11.8 Å². The maximum absolute atomic E-state index is 6.19. The van der Waals surface area contributed by atoms with Gasteiger partial charge in [0.2, 0.25) is 0 Å². The Hall–Kier alpha value is -1.65. The molecule has 1 aromatic heterocycles. The molecule has 0 amide bonds. The molecule has 0 spiro atoms. The summed E-state index contributed by atoms with van der Waals surface area (Å²) in [6.07, 6.45) is 2.48. The molecule has 2 aliphatic rings. The number of aromatic nitrogens is 1. The Labute approximate surface area is 124 Å². The lowest BCUT2D eigenvalue weighted by molar-refractivity contribution is 0.255. The number of likely N-dealkylation sites (tertiary alicyclic amines) is 1. The molecule has 1 saturated carbocycles. The molecular formula is C17H21N3O. The van der Waals surface area contributed by atoms with Gasteiger partial charge in [0.05, 0.1) is 6.54 Å². The van der Waals surface area contributed by atoms with E-state index in [0.29, 0.717) is 12.0 Å². The molecule has 2 fully saturated rings. The van der Waals surface area contributed by atoms with Gasteiger partial charge in [-0.1, -0.05) is 35.5 Å². The monoisotopic (exact) mass is 283 g/mol. The zero-order valence-electron chi connectivity index (χ0n) is 12.1. The Bertz CT molecular complexity index is 610. The number of rotatable bonds is 3. The SMILES string of the molecule is NC1CCC2CN(Cc3cc(-c4ccccc4)no3)CC12. The van der Waals surface area contributed by atoms with Crippen LogP contribution in [0.2, 0.25) is 0 Å². The van der Waals surface area contributed by atoms with Gasteiger partial charge in [-0.3, -0.25) is 4.90 Å². The molecule has 3 atom stereocenters. The third-order valence-electron chi connectivity index (χ3n) is 5.00. The van der Waals surface area contributed by atoms with Gasteiger partial charge in [-0.15, -0.1) is 0 Å². The summed E-state index contributed by atoms with van der Waals surface area (Å²) in [6.45, 7) is 3.10. The van der Waals surface area contributed by atoms with Crippen LogP contribution in [-0.4, -0.2) is 29.2 Å². The van der Waals surface area contributed by atoms with Crippen LogP contribution >= 0.6 is 0 Å². The number of fused-ring (bicyclic) bond motifs is 1. The molecule has 4 rings (SSSR count). The number of hydrogen-bond donors (Lipinski definition) is 1. The van der Waals surface area contributed by atoms with Crippen molar-refractivity contribution < 1.29 is 4.52 Å². The van der Waals surface area contributed by atoms with Crippen LogP contribution in [-0.2, 0) is 6.54 Å². The van der Waals surface area contributed by atoms with Gasteiger partial charge < -0.3 is 10.3 Å². The normalized spacial score (nSPS) is 28.9. The van der Waals surface area contributed by atoms with E-state index in [4.69, 9.17) is 10.3 Å². The highest BCUT2D eigenvalue weighted by Crippen LogP contribution is 2.37. The lowest BCUT2D eigenvalue weighted by Gasteiger charge is -2.16. The summed E-state index contributed by atoms with van der Waals surface area (Å²) >= 11 is 0. The number of hydrogen-bond acceptors (Lipinski definition) is 4. The van der Waals surface area contributed by atoms with Gasteiger partial charge in [-0.2, -0.15) is 0 Å². The van der Waals surface area contributed by atoms with E-state index in [-0.39, 0.29) is 0 Å². The minimum Gasteiger partial charge on any atom is -0.359 e. The van der Waals surface area contributed by atoms with Gasteiger partial charge in [0.15, 0.2) is 5.76 Å². The van der Waals surface area contributed by atoms with E-state index in [1.54, 1.807) is 0 Å². The first-order valence-electron chi connectivity index (χ1n) is 7.78. The van der Waals surface area contributed by atoms with Crippen LogP contribution < -0.4 is 5.73 Å². The Morgan fingerprint density at radius 3 is 2.86 bits per heavy atom. The number of nitrogens with two attached hydrogens (primary N) is 1. The molecule has 110 valence electrons. The highest BCUT2D eigenvalue weighted by molar-refractivity contribution is 5.58. The Balaban J connectivity index is 1.44. The summed E-state index contributed by atoms with van der Waals surface area (Å²) in [5, 5.41) is 4.19. The van der Waals surface area contributed by atoms with Gasteiger partial charge in [0.1, 0.15) is 5.69 Å². The van der Waals surface area contributed by atoms with E-state index in [2.05, 4.69) is 28.3 Å². The molecule has 3 unspecified atom stereocenters. The quantitative estimate of drug-likeness (QED) is 0.940. The first-order valence-corrected chi connectivity index (χ1v) is 7.78. The zero-order chi connectivity index (χ0) is 14.2. The second kappa shape index (κ2) is 5.28. The second-order valence-electron chi connectivity index (χ2n) is 6.40. The fourth-order valence-corrected chi connectivity index (χ4v) is 3.88. The summed E-state index contributed by atoms with van der Waals surface area (Å²) < 4.78 is 5.51. The van der Waals surface area contributed by atoms with E-state index >= 15 is 0 Å². The average molecular weight is 283 g/mol. The van der Waals surface area contributed by atoms with Crippen molar-refractivity contribution in [2.45, 2.75) is 25.4 Å². The minimum atomic E-state index is 0.398. The third kappa shape index (κ3) is 2.49.